The molecule has 0 atom stereocenters. The van der Waals surface area contributed by atoms with Gasteiger partial charge in [0.05, 0.1) is 21.5 Å². The van der Waals surface area contributed by atoms with Gasteiger partial charge in [-0.2, -0.15) is 0 Å². The minimum atomic E-state index is -0.789. The molecule has 0 aliphatic heterocycles. The summed E-state index contributed by atoms with van der Waals surface area (Å²) in [6.45, 7) is 0. The van der Waals surface area contributed by atoms with Gasteiger partial charge in [-0.15, -0.1) is 0 Å². The predicted molar refractivity (Wildman–Crippen MR) is 67.2 cm³/mol. The van der Waals surface area contributed by atoms with Gasteiger partial charge < -0.3 is 4.74 Å². The average molecular weight is 330 g/mol. The lowest BCUT2D eigenvalue weighted by Gasteiger charge is -2.07. The van der Waals surface area contributed by atoms with E-state index in [1.165, 1.54) is 12.1 Å². The molecule has 98 valence electrons. The van der Waals surface area contributed by atoms with Crippen LogP contribution in [0.4, 0.5) is 14.5 Å². The van der Waals surface area contributed by atoms with E-state index in [2.05, 4.69) is 15.9 Å². The van der Waals surface area contributed by atoms with Crippen LogP contribution in [0.3, 0.4) is 0 Å². The van der Waals surface area contributed by atoms with Crippen LogP contribution in [0, 0.1) is 21.7 Å². The van der Waals surface area contributed by atoms with Crippen molar-refractivity contribution in [2.75, 3.05) is 0 Å². The van der Waals surface area contributed by atoms with Gasteiger partial charge in [0.2, 0.25) is 0 Å². The standard InChI is InChI=1S/C12H6BrF2NO3/c13-11-5-7(14)1-2-12(11)19-10-4-8(15)3-9(6-10)16(17)18/h1-6H. The van der Waals surface area contributed by atoms with E-state index in [9.17, 15) is 18.9 Å². The van der Waals surface area contributed by atoms with Crippen LogP contribution in [0.2, 0.25) is 0 Å². The van der Waals surface area contributed by atoms with Crippen molar-refractivity contribution in [3.8, 4) is 11.5 Å². The van der Waals surface area contributed by atoms with E-state index in [0.717, 1.165) is 24.3 Å². The Hall–Kier alpha value is -2.02. The Kier molecular flexibility index (Phi) is 3.75. The van der Waals surface area contributed by atoms with E-state index in [-0.39, 0.29) is 11.5 Å². The Balaban J connectivity index is 2.35. The summed E-state index contributed by atoms with van der Waals surface area (Å²) in [5.74, 6) is -1.08. The predicted octanol–water partition coefficient (Wildman–Crippen LogP) is 4.43. The number of non-ortho nitro benzene ring substituents is 1. The Morgan fingerprint density at radius 3 is 2.47 bits per heavy atom. The molecule has 0 spiro atoms. The molecule has 2 rings (SSSR count). The number of nitro groups is 1. The maximum atomic E-state index is 13.2. The SMILES string of the molecule is O=[N+]([O-])c1cc(F)cc(Oc2ccc(F)cc2Br)c1. The van der Waals surface area contributed by atoms with Crippen LogP contribution < -0.4 is 4.74 Å². The molecule has 0 bridgehead atoms. The number of halogens is 3. The van der Waals surface area contributed by atoms with Crippen LogP contribution in [0.5, 0.6) is 11.5 Å². The summed E-state index contributed by atoms with van der Waals surface area (Å²) < 4.78 is 31.7. The van der Waals surface area contributed by atoms with Crippen LogP contribution in [0.25, 0.3) is 0 Å². The lowest BCUT2D eigenvalue weighted by molar-refractivity contribution is -0.385. The van der Waals surface area contributed by atoms with Gasteiger partial charge in [-0.25, -0.2) is 8.78 Å². The first-order chi connectivity index (χ1) is 8.95. The zero-order valence-electron chi connectivity index (χ0n) is 9.27. The van der Waals surface area contributed by atoms with Crippen molar-refractivity contribution in [2.45, 2.75) is 0 Å². The van der Waals surface area contributed by atoms with Crippen LogP contribution >= 0.6 is 15.9 Å². The number of nitrogens with zero attached hydrogens (tertiary/aromatic N) is 1. The van der Waals surface area contributed by atoms with Gasteiger partial charge in [0.15, 0.2) is 0 Å². The van der Waals surface area contributed by atoms with E-state index in [1.54, 1.807) is 0 Å². The molecule has 0 aromatic heterocycles. The maximum Gasteiger partial charge on any atom is 0.276 e. The fourth-order valence-electron chi connectivity index (χ4n) is 1.40. The van der Waals surface area contributed by atoms with E-state index >= 15 is 0 Å². The molecular weight excluding hydrogens is 324 g/mol. The molecule has 0 saturated heterocycles. The molecule has 0 N–H and O–H groups in total. The molecule has 0 fully saturated rings. The monoisotopic (exact) mass is 329 g/mol. The topological polar surface area (TPSA) is 52.4 Å². The minimum Gasteiger partial charge on any atom is -0.456 e. The van der Waals surface area contributed by atoms with Crippen molar-refractivity contribution in [2.24, 2.45) is 0 Å². The van der Waals surface area contributed by atoms with Crippen molar-refractivity contribution in [3.05, 3.63) is 62.6 Å². The Labute approximate surface area is 114 Å². The summed E-state index contributed by atoms with van der Waals surface area (Å²) in [5.41, 5.74) is -0.423. The number of benzene rings is 2. The van der Waals surface area contributed by atoms with Gasteiger partial charge in [0.1, 0.15) is 23.1 Å². The van der Waals surface area contributed by atoms with Gasteiger partial charge in [0.25, 0.3) is 5.69 Å². The molecule has 0 aliphatic rings. The highest BCUT2D eigenvalue weighted by Gasteiger charge is 2.12. The summed E-state index contributed by atoms with van der Waals surface area (Å²) in [6.07, 6.45) is 0. The molecule has 0 heterocycles. The third kappa shape index (κ3) is 3.25. The quantitative estimate of drug-likeness (QED) is 0.618. The molecule has 0 aliphatic carbocycles. The van der Waals surface area contributed by atoms with Crippen molar-refractivity contribution in [3.63, 3.8) is 0 Å². The number of nitro benzene ring substituents is 1. The first-order valence-corrected chi connectivity index (χ1v) is 5.83. The number of ether oxygens (including phenoxy) is 1. The summed E-state index contributed by atoms with van der Waals surface area (Å²) in [5, 5.41) is 10.6. The van der Waals surface area contributed by atoms with E-state index < -0.39 is 22.2 Å². The Morgan fingerprint density at radius 1 is 1.11 bits per heavy atom. The molecule has 2 aromatic carbocycles. The van der Waals surface area contributed by atoms with Crippen molar-refractivity contribution < 1.29 is 18.4 Å². The highest BCUT2D eigenvalue weighted by Crippen LogP contribution is 2.32. The highest BCUT2D eigenvalue weighted by molar-refractivity contribution is 9.10. The van der Waals surface area contributed by atoms with E-state index in [1.807, 2.05) is 0 Å². The second-order valence-electron chi connectivity index (χ2n) is 3.58. The lowest BCUT2D eigenvalue weighted by Crippen LogP contribution is -1.92. The summed E-state index contributed by atoms with van der Waals surface area (Å²) in [6, 6.07) is 6.53. The van der Waals surface area contributed by atoms with Crippen LogP contribution in [0.1, 0.15) is 0 Å². The molecule has 19 heavy (non-hydrogen) atoms. The zero-order valence-corrected chi connectivity index (χ0v) is 10.9. The van der Waals surface area contributed by atoms with Gasteiger partial charge in [0, 0.05) is 6.07 Å². The largest absolute Gasteiger partial charge is 0.456 e. The van der Waals surface area contributed by atoms with Crippen molar-refractivity contribution >= 4 is 21.6 Å². The molecule has 2 aromatic rings. The molecule has 4 nitrogen and oxygen atoms in total. The fourth-order valence-corrected chi connectivity index (χ4v) is 1.83. The Morgan fingerprint density at radius 2 is 1.84 bits per heavy atom. The fraction of sp³-hybridized carbons (Fsp3) is 0. The molecule has 7 heteroatoms. The molecular formula is C12H6BrF2NO3. The van der Waals surface area contributed by atoms with Crippen LogP contribution in [-0.2, 0) is 0 Å². The average Bonchev–Trinajstić information content (AvgIpc) is 2.32. The highest BCUT2D eigenvalue weighted by atomic mass is 79.9. The Bertz CT molecular complexity index is 649. The summed E-state index contributed by atoms with van der Waals surface area (Å²) >= 11 is 3.08. The second-order valence-corrected chi connectivity index (χ2v) is 4.43. The summed E-state index contributed by atoms with van der Waals surface area (Å²) in [4.78, 5) is 9.87. The maximum absolute atomic E-state index is 13.2. The molecule has 0 amide bonds. The first kappa shape index (κ1) is 13.4. The van der Waals surface area contributed by atoms with Gasteiger partial charge >= 0.3 is 0 Å². The van der Waals surface area contributed by atoms with Gasteiger partial charge in [-0.3, -0.25) is 10.1 Å². The van der Waals surface area contributed by atoms with Gasteiger partial charge in [-0.1, -0.05) is 0 Å². The number of hydrogen-bond acceptors (Lipinski definition) is 3. The minimum absolute atomic E-state index is 0.0426. The smallest absolute Gasteiger partial charge is 0.276 e. The van der Waals surface area contributed by atoms with Crippen LogP contribution in [-0.4, -0.2) is 4.92 Å². The molecule has 0 saturated carbocycles. The first-order valence-electron chi connectivity index (χ1n) is 5.03. The third-order valence-corrected chi connectivity index (χ3v) is 2.81. The number of rotatable bonds is 3. The molecule has 0 radical (unpaired) electrons. The van der Waals surface area contributed by atoms with Gasteiger partial charge in [-0.05, 0) is 34.1 Å². The van der Waals surface area contributed by atoms with E-state index in [4.69, 9.17) is 4.74 Å². The number of hydrogen-bond donors (Lipinski definition) is 0. The normalized spacial score (nSPS) is 10.3. The third-order valence-electron chi connectivity index (χ3n) is 2.19. The summed E-state index contributed by atoms with van der Waals surface area (Å²) in [7, 11) is 0. The molecule has 0 unspecified atom stereocenters. The van der Waals surface area contributed by atoms with Crippen LogP contribution in [0.15, 0.2) is 40.9 Å². The zero-order chi connectivity index (χ0) is 14.0. The van der Waals surface area contributed by atoms with Crippen molar-refractivity contribution in [1.29, 1.82) is 0 Å². The second kappa shape index (κ2) is 5.31. The van der Waals surface area contributed by atoms with Crippen molar-refractivity contribution in [1.82, 2.24) is 0 Å². The van der Waals surface area contributed by atoms with E-state index in [0.29, 0.717) is 4.47 Å². The lowest BCUT2D eigenvalue weighted by atomic mass is 10.3.